The number of anilines is 1. The topological polar surface area (TPSA) is 51.7 Å². The summed E-state index contributed by atoms with van der Waals surface area (Å²) >= 11 is 0. The smallest absolute Gasteiger partial charge is 0.228 e. The SMILES string of the molecule is CC(=O)N(Cc1ccccc1OC[18F])c1cnccc1Oc1ccccc1. The lowest BCUT2D eigenvalue weighted by Gasteiger charge is -2.24. The molecule has 2 aromatic carbocycles. The highest BCUT2D eigenvalue weighted by Crippen LogP contribution is 2.33. The lowest BCUT2D eigenvalue weighted by molar-refractivity contribution is -0.116. The first kappa shape index (κ1) is 18.4. The average Bonchev–Trinajstić information content (AvgIpc) is 2.69. The Balaban J connectivity index is 1.93. The molecule has 1 amide bonds. The van der Waals surface area contributed by atoms with Gasteiger partial charge in [-0.3, -0.25) is 9.78 Å². The number of nitrogens with zero attached hydrogens (tertiary/aromatic N) is 2. The molecule has 0 aliphatic rings. The molecule has 3 rings (SSSR count). The Morgan fingerprint density at radius 2 is 1.78 bits per heavy atom. The van der Waals surface area contributed by atoms with Crippen LogP contribution in [0.15, 0.2) is 73.1 Å². The van der Waals surface area contributed by atoms with E-state index < -0.39 is 6.86 Å². The quantitative estimate of drug-likeness (QED) is 0.607. The number of aromatic nitrogens is 1. The van der Waals surface area contributed by atoms with Crippen molar-refractivity contribution in [2.75, 3.05) is 11.8 Å². The molecular formula is C21H19FN2O3. The van der Waals surface area contributed by atoms with Gasteiger partial charge < -0.3 is 14.4 Å². The van der Waals surface area contributed by atoms with Crippen molar-refractivity contribution in [3.05, 3.63) is 78.6 Å². The van der Waals surface area contributed by atoms with Crippen LogP contribution in [0.3, 0.4) is 0 Å². The average molecular weight is 365 g/mol. The van der Waals surface area contributed by atoms with Gasteiger partial charge in [-0.1, -0.05) is 36.4 Å². The van der Waals surface area contributed by atoms with Crippen LogP contribution in [0.1, 0.15) is 12.5 Å². The second-order valence-corrected chi connectivity index (χ2v) is 5.72. The summed E-state index contributed by atoms with van der Waals surface area (Å²) in [6.07, 6.45) is 3.17. The van der Waals surface area contributed by atoms with Crippen molar-refractivity contribution >= 4 is 11.6 Å². The molecule has 5 nitrogen and oxygen atoms in total. The van der Waals surface area contributed by atoms with Crippen molar-refractivity contribution in [2.24, 2.45) is 0 Å². The minimum Gasteiger partial charge on any atom is -0.463 e. The molecule has 0 saturated carbocycles. The van der Waals surface area contributed by atoms with E-state index >= 15 is 0 Å². The summed E-state index contributed by atoms with van der Waals surface area (Å²) in [5.74, 6) is 1.33. The Labute approximate surface area is 157 Å². The minimum atomic E-state index is -0.938. The van der Waals surface area contributed by atoms with Gasteiger partial charge in [0.2, 0.25) is 12.8 Å². The van der Waals surface area contributed by atoms with E-state index in [0.29, 0.717) is 28.5 Å². The fourth-order valence-electron chi connectivity index (χ4n) is 2.65. The molecule has 3 aromatic rings. The van der Waals surface area contributed by atoms with E-state index in [9.17, 15) is 9.18 Å². The maximum absolute atomic E-state index is 12.7. The van der Waals surface area contributed by atoms with E-state index in [-0.39, 0.29) is 12.5 Å². The van der Waals surface area contributed by atoms with Gasteiger partial charge >= 0.3 is 0 Å². The largest absolute Gasteiger partial charge is 0.463 e. The second-order valence-electron chi connectivity index (χ2n) is 5.72. The zero-order chi connectivity index (χ0) is 19.1. The monoisotopic (exact) mass is 365 g/mol. The number of hydrogen-bond acceptors (Lipinski definition) is 4. The highest BCUT2D eigenvalue weighted by atomic mass is 18.2. The summed E-state index contributed by atoms with van der Waals surface area (Å²) < 4.78 is 23.6. The Morgan fingerprint density at radius 3 is 2.52 bits per heavy atom. The molecular weight excluding hydrogens is 346 g/mol. The van der Waals surface area contributed by atoms with Crippen LogP contribution < -0.4 is 14.4 Å². The number of pyridine rings is 1. The molecule has 0 aliphatic carbocycles. The number of hydrogen-bond donors (Lipinski definition) is 0. The predicted molar refractivity (Wildman–Crippen MR) is 101 cm³/mol. The molecule has 0 bridgehead atoms. The number of alkyl halides is 1. The second kappa shape index (κ2) is 8.80. The molecule has 0 unspecified atom stereocenters. The van der Waals surface area contributed by atoms with Crippen LogP contribution in [0.2, 0.25) is 0 Å². The minimum absolute atomic E-state index is 0.197. The summed E-state index contributed by atoms with van der Waals surface area (Å²) in [5.41, 5.74) is 1.20. The Morgan fingerprint density at radius 1 is 1.04 bits per heavy atom. The third-order valence-electron chi connectivity index (χ3n) is 3.91. The fourth-order valence-corrected chi connectivity index (χ4v) is 2.65. The zero-order valence-corrected chi connectivity index (χ0v) is 14.8. The van der Waals surface area contributed by atoms with Gasteiger partial charge in [-0.2, -0.15) is 0 Å². The van der Waals surface area contributed by atoms with Gasteiger partial charge in [0.15, 0.2) is 5.75 Å². The number of ether oxygens (including phenoxy) is 2. The van der Waals surface area contributed by atoms with E-state index in [2.05, 4.69) is 4.98 Å². The van der Waals surface area contributed by atoms with Crippen molar-refractivity contribution in [2.45, 2.75) is 13.5 Å². The first-order valence-corrected chi connectivity index (χ1v) is 8.40. The van der Waals surface area contributed by atoms with Crippen molar-refractivity contribution < 1.29 is 18.7 Å². The van der Waals surface area contributed by atoms with Gasteiger partial charge in [-0.15, -0.1) is 0 Å². The molecule has 138 valence electrons. The molecule has 0 atom stereocenters. The standard InChI is InChI=1S/C21H19FN2O3/c1-16(25)24(14-17-7-5-6-10-20(17)26-15-22)19-13-23-12-11-21(19)27-18-8-3-2-4-9-18/h2-13H,14-15H2,1H3/i22-1. The number of rotatable bonds is 7. The van der Waals surface area contributed by atoms with E-state index in [4.69, 9.17) is 9.47 Å². The first-order valence-electron chi connectivity index (χ1n) is 8.40. The number of carbonyl (C=O) groups excluding carboxylic acids is 1. The first-order chi connectivity index (χ1) is 13.2. The zero-order valence-electron chi connectivity index (χ0n) is 14.8. The van der Waals surface area contributed by atoms with Crippen molar-refractivity contribution in [1.82, 2.24) is 4.98 Å². The van der Waals surface area contributed by atoms with Crippen molar-refractivity contribution in [3.8, 4) is 17.2 Å². The molecule has 1 heterocycles. The van der Waals surface area contributed by atoms with Gasteiger partial charge in [0.05, 0.1) is 12.7 Å². The number of carbonyl (C=O) groups is 1. The van der Waals surface area contributed by atoms with Gasteiger partial charge in [0.25, 0.3) is 0 Å². The summed E-state index contributed by atoms with van der Waals surface area (Å²) in [4.78, 5) is 18.0. The van der Waals surface area contributed by atoms with Crippen LogP contribution in [-0.2, 0) is 11.3 Å². The van der Waals surface area contributed by atoms with Gasteiger partial charge in [0, 0.05) is 24.8 Å². The maximum atomic E-state index is 12.7. The summed E-state index contributed by atoms with van der Waals surface area (Å²) in [7, 11) is 0. The van der Waals surface area contributed by atoms with E-state index in [1.165, 1.54) is 11.8 Å². The van der Waals surface area contributed by atoms with Crippen LogP contribution in [0.25, 0.3) is 0 Å². The lowest BCUT2D eigenvalue weighted by Crippen LogP contribution is -2.28. The molecule has 0 N–H and O–H groups in total. The van der Waals surface area contributed by atoms with E-state index in [1.54, 1.807) is 36.7 Å². The summed E-state index contributed by atoms with van der Waals surface area (Å²) in [5, 5.41) is 0. The molecule has 0 radical (unpaired) electrons. The molecule has 1 aromatic heterocycles. The number of amides is 1. The normalized spacial score (nSPS) is 10.3. The summed E-state index contributed by atoms with van der Waals surface area (Å²) in [6, 6.07) is 18.0. The third-order valence-corrected chi connectivity index (χ3v) is 3.91. The molecule has 6 heteroatoms. The van der Waals surface area contributed by atoms with Crippen molar-refractivity contribution in [3.63, 3.8) is 0 Å². The van der Waals surface area contributed by atoms with E-state index in [0.717, 1.165) is 0 Å². The highest BCUT2D eigenvalue weighted by molar-refractivity contribution is 5.93. The van der Waals surface area contributed by atoms with Crippen LogP contribution in [-0.4, -0.2) is 17.8 Å². The molecule has 0 saturated heterocycles. The molecule has 0 spiro atoms. The van der Waals surface area contributed by atoms with Crippen molar-refractivity contribution in [1.29, 1.82) is 0 Å². The Hall–Kier alpha value is -3.41. The Kier molecular flexibility index (Phi) is 5.99. The number of para-hydroxylation sites is 2. The molecule has 0 aliphatic heterocycles. The van der Waals surface area contributed by atoms with Gasteiger partial charge in [0.1, 0.15) is 17.2 Å². The molecule has 0 fully saturated rings. The number of benzene rings is 2. The van der Waals surface area contributed by atoms with Crippen LogP contribution in [0.5, 0.6) is 17.2 Å². The number of halogens is 1. The fraction of sp³-hybridized carbons (Fsp3) is 0.143. The third kappa shape index (κ3) is 4.61. The van der Waals surface area contributed by atoms with Crippen LogP contribution in [0.4, 0.5) is 10.1 Å². The van der Waals surface area contributed by atoms with Gasteiger partial charge in [-0.25, -0.2) is 4.39 Å². The van der Waals surface area contributed by atoms with E-state index in [1.807, 2.05) is 36.4 Å². The predicted octanol–water partition coefficient (Wildman–Crippen LogP) is 4.73. The lowest BCUT2D eigenvalue weighted by atomic mass is 10.1. The van der Waals surface area contributed by atoms with Gasteiger partial charge in [-0.05, 0) is 18.2 Å². The Bertz CT molecular complexity index is 903. The maximum Gasteiger partial charge on any atom is 0.228 e. The van der Waals surface area contributed by atoms with Crippen LogP contribution >= 0.6 is 0 Å². The highest BCUT2D eigenvalue weighted by Gasteiger charge is 2.19. The summed E-state index contributed by atoms with van der Waals surface area (Å²) in [6.45, 7) is 0.715. The van der Waals surface area contributed by atoms with Crippen LogP contribution in [0, 0.1) is 0 Å². The molecule has 27 heavy (non-hydrogen) atoms.